The molecule has 106 valence electrons. The normalized spacial score (nSPS) is 22.3. The maximum absolute atomic E-state index is 11.6. The Labute approximate surface area is 114 Å². The van der Waals surface area contributed by atoms with Crippen LogP contribution in [0.1, 0.15) is 12.5 Å². The minimum Gasteiger partial charge on any atom is -0.497 e. The van der Waals surface area contributed by atoms with Crippen molar-refractivity contribution in [3.63, 3.8) is 0 Å². The summed E-state index contributed by atoms with van der Waals surface area (Å²) in [4.78, 5) is 2.10. The van der Waals surface area contributed by atoms with Crippen LogP contribution in [-0.2, 0) is 16.4 Å². The van der Waals surface area contributed by atoms with E-state index in [4.69, 9.17) is 10.5 Å². The largest absolute Gasteiger partial charge is 0.497 e. The number of nitrogens with two attached hydrogens (primary N) is 1. The van der Waals surface area contributed by atoms with Crippen molar-refractivity contribution in [2.75, 3.05) is 30.1 Å². The van der Waals surface area contributed by atoms with E-state index in [1.165, 1.54) is 0 Å². The van der Waals surface area contributed by atoms with Gasteiger partial charge in [-0.15, -0.1) is 0 Å². The Balaban J connectivity index is 2.35. The van der Waals surface area contributed by atoms with E-state index >= 15 is 0 Å². The first-order valence-corrected chi connectivity index (χ1v) is 8.13. The fourth-order valence-corrected chi connectivity index (χ4v) is 4.02. The number of hydrogen-bond donors (Lipinski definition) is 1. The molecule has 0 amide bonds. The van der Waals surface area contributed by atoms with Gasteiger partial charge in [0.15, 0.2) is 9.84 Å². The molecule has 0 radical (unpaired) electrons. The highest BCUT2D eigenvalue weighted by atomic mass is 32.2. The monoisotopic (exact) mass is 284 g/mol. The minimum absolute atomic E-state index is 0.0452. The Morgan fingerprint density at radius 3 is 2.79 bits per heavy atom. The highest BCUT2D eigenvalue weighted by Gasteiger charge is 2.29. The molecule has 1 saturated heterocycles. The lowest BCUT2D eigenvalue weighted by molar-refractivity contribution is 0.414. The first-order chi connectivity index (χ1) is 8.96. The second-order valence-corrected chi connectivity index (χ2v) is 7.08. The highest BCUT2D eigenvalue weighted by molar-refractivity contribution is 7.91. The van der Waals surface area contributed by atoms with E-state index in [9.17, 15) is 8.42 Å². The summed E-state index contributed by atoms with van der Waals surface area (Å²) in [7, 11) is -1.30. The average molecular weight is 284 g/mol. The van der Waals surface area contributed by atoms with Crippen molar-refractivity contribution in [1.29, 1.82) is 0 Å². The molecular formula is C13H20N2O3S. The van der Waals surface area contributed by atoms with E-state index in [0.717, 1.165) is 17.0 Å². The molecule has 19 heavy (non-hydrogen) atoms. The summed E-state index contributed by atoms with van der Waals surface area (Å²) < 4.78 is 28.5. The third kappa shape index (κ3) is 3.01. The predicted octanol–water partition coefficient (Wildman–Crippen LogP) is 0.777. The number of anilines is 1. The second-order valence-electron chi connectivity index (χ2n) is 4.86. The number of ether oxygens (including phenoxy) is 1. The van der Waals surface area contributed by atoms with Crippen LogP contribution in [0.25, 0.3) is 0 Å². The molecule has 1 aromatic carbocycles. The van der Waals surface area contributed by atoms with Crippen LogP contribution in [0.4, 0.5) is 5.69 Å². The lowest BCUT2D eigenvalue weighted by Crippen LogP contribution is -2.47. The molecule has 0 bridgehead atoms. The standard InChI is InChI=1S/C13H20N2O3S/c1-10-9-19(16,17)6-5-15(10)13-7-12(18-2)4-3-11(13)8-14/h3-4,7,10H,5-6,8-9,14H2,1-2H3. The van der Waals surface area contributed by atoms with Crippen molar-refractivity contribution in [1.82, 2.24) is 0 Å². The van der Waals surface area contributed by atoms with Crippen molar-refractivity contribution < 1.29 is 13.2 Å². The van der Waals surface area contributed by atoms with Crippen LogP contribution in [0.2, 0.25) is 0 Å². The number of methoxy groups -OCH3 is 1. The third-order valence-electron chi connectivity index (χ3n) is 3.49. The summed E-state index contributed by atoms with van der Waals surface area (Å²) in [5.74, 6) is 1.14. The number of hydrogen-bond acceptors (Lipinski definition) is 5. The fourth-order valence-electron chi connectivity index (χ4n) is 2.47. The molecule has 0 spiro atoms. The van der Waals surface area contributed by atoms with Crippen LogP contribution in [0.5, 0.6) is 5.75 Å². The zero-order valence-electron chi connectivity index (χ0n) is 11.3. The average Bonchev–Trinajstić information content (AvgIpc) is 2.37. The van der Waals surface area contributed by atoms with Crippen LogP contribution in [0, 0.1) is 0 Å². The number of rotatable bonds is 3. The maximum atomic E-state index is 11.6. The first-order valence-electron chi connectivity index (χ1n) is 6.31. The van der Waals surface area contributed by atoms with Crippen LogP contribution in [-0.4, -0.2) is 39.6 Å². The number of benzene rings is 1. The van der Waals surface area contributed by atoms with Crippen molar-refractivity contribution >= 4 is 15.5 Å². The van der Waals surface area contributed by atoms with E-state index in [-0.39, 0.29) is 17.5 Å². The van der Waals surface area contributed by atoms with Gasteiger partial charge in [0.2, 0.25) is 0 Å². The van der Waals surface area contributed by atoms with Crippen LogP contribution in [0.3, 0.4) is 0 Å². The summed E-state index contributed by atoms with van der Waals surface area (Å²) in [6.07, 6.45) is 0. The van der Waals surface area contributed by atoms with Gasteiger partial charge in [0.25, 0.3) is 0 Å². The van der Waals surface area contributed by atoms with Crippen molar-refractivity contribution in [2.24, 2.45) is 5.73 Å². The molecule has 2 N–H and O–H groups in total. The topological polar surface area (TPSA) is 72.6 Å². The lowest BCUT2D eigenvalue weighted by Gasteiger charge is -2.36. The zero-order chi connectivity index (χ0) is 14.0. The highest BCUT2D eigenvalue weighted by Crippen LogP contribution is 2.29. The van der Waals surface area contributed by atoms with Crippen molar-refractivity contribution in [3.05, 3.63) is 23.8 Å². The molecule has 1 aliphatic heterocycles. The molecule has 1 aliphatic rings. The van der Waals surface area contributed by atoms with Gasteiger partial charge in [0, 0.05) is 30.9 Å². The smallest absolute Gasteiger partial charge is 0.154 e. The molecule has 1 fully saturated rings. The van der Waals surface area contributed by atoms with Gasteiger partial charge in [-0.2, -0.15) is 0 Å². The van der Waals surface area contributed by atoms with Crippen LogP contribution < -0.4 is 15.4 Å². The molecule has 2 rings (SSSR count). The Hall–Kier alpha value is -1.27. The summed E-state index contributed by atoms with van der Waals surface area (Å²) >= 11 is 0. The summed E-state index contributed by atoms with van der Waals surface area (Å²) in [6.45, 7) is 2.86. The first kappa shape index (κ1) is 14.1. The van der Waals surface area contributed by atoms with Crippen LogP contribution >= 0.6 is 0 Å². The molecule has 6 heteroatoms. The molecule has 1 atom stereocenters. The molecule has 0 aromatic heterocycles. The molecule has 1 aromatic rings. The van der Waals surface area contributed by atoms with Crippen LogP contribution in [0.15, 0.2) is 18.2 Å². The quantitative estimate of drug-likeness (QED) is 0.888. The van der Waals surface area contributed by atoms with Gasteiger partial charge in [0.1, 0.15) is 5.75 Å². The lowest BCUT2D eigenvalue weighted by atomic mass is 10.1. The van der Waals surface area contributed by atoms with Crippen molar-refractivity contribution in [3.8, 4) is 5.75 Å². The second kappa shape index (κ2) is 5.38. The van der Waals surface area contributed by atoms with Gasteiger partial charge >= 0.3 is 0 Å². The summed E-state index contributed by atoms with van der Waals surface area (Å²) in [5.41, 5.74) is 7.74. The SMILES string of the molecule is COc1ccc(CN)c(N2CCS(=O)(=O)CC2C)c1. The van der Waals surface area contributed by atoms with Gasteiger partial charge in [-0.05, 0) is 18.6 Å². The predicted molar refractivity (Wildman–Crippen MR) is 76.3 cm³/mol. The Bertz CT molecular complexity index is 557. The Morgan fingerprint density at radius 1 is 1.47 bits per heavy atom. The van der Waals surface area contributed by atoms with E-state index in [1.807, 2.05) is 25.1 Å². The van der Waals surface area contributed by atoms with Gasteiger partial charge in [0.05, 0.1) is 18.6 Å². The number of sulfone groups is 1. The van der Waals surface area contributed by atoms with E-state index in [2.05, 4.69) is 4.90 Å². The molecule has 0 saturated carbocycles. The summed E-state index contributed by atoms with van der Waals surface area (Å²) in [6, 6.07) is 5.69. The van der Waals surface area contributed by atoms with E-state index in [0.29, 0.717) is 13.1 Å². The molecule has 1 heterocycles. The van der Waals surface area contributed by atoms with Gasteiger partial charge < -0.3 is 15.4 Å². The zero-order valence-corrected chi connectivity index (χ0v) is 12.1. The maximum Gasteiger partial charge on any atom is 0.154 e. The molecule has 1 unspecified atom stereocenters. The third-order valence-corrected chi connectivity index (χ3v) is 5.29. The van der Waals surface area contributed by atoms with Gasteiger partial charge in [-0.25, -0.2) is 8.42 Å². The fraction of sp³-hybridized carbons (Fsp3) is 0.538. The summed E-state index contributed by atoms with van der Waals surface area (Å²) in [5, 5.41) is 0. The Morgan fingerprint density at radius 2 is 2.21 bits per heavy atom. The minimum atomic E-state index is -2.91. The van der Waals surface area contributed by atoms with E-state index < -0.39 is 9.84 Å². The van der Waals surface area contributed by atoms with Gasteiger partial charge in [-0.3, -0.25) is 0 Å². The van der Waals surface area contributed by atoms with E-state index in [1.54, 1.807) is 7.11 Å². The molecular weight excluding hydrogens is 264 g/mol. The Kier molecular flexibility index (Phi) is 4.01. The van der Waals surface area contributed by atoms with Gasteiger partial charge in [-0.1, -0.05) is 6.07 Å². The molecule has 5 nitrogen and oxygen atoms in total. The van der Waals surface area contributed by atoms with Crippen molar-refractivity contribution in [2.45, 2.75) is 19.5 Å². The molecule has 0 aliphatic carbocycles. The number of nitrogens with zero attached hydrogens (tertiary/aromatic N) is 1.